The molecule has 2 aromatic heterocycles. The van der Waals surface area contributed by atoms with Crippen molar-refractivity contribution in [2.75, 3.05) is 0 Å². The molecule has 0 N–H and O–H groups in total. The van der Waals surface area contributed by atoms with Crippen LogP contribution in [0.15, 0.2) is 28.2 Å². The van der Waals surface area contributed by atoms with Gasteiger partial charge in [0.25, 0.3) is 0 Å². The van der Waals surface area contributed by atoms with Gasteiger partial charge in [-0.3, -0.25) is 0 Å². The fraction of sp³-hybridized carbons (Fsp3) is 0.300. The van der Waals surface area contributed by atoms with E-state index in [4.69, 9.17) is 4.42 Å². The van der Waals surface area contributed by atoms with Gasteiger partial charge in [0.1, 0.15) is 5.69 Å². The number of hydrogen-bond acceptors (Lipinski definition) is 3. The zero-order chi connectivity index (χ0) is 9.26. The SMILES string of the molecule is CC(C)c1nc(-c2ccco2)cs1. The van der Waals surface area contributed by atoms with Crippen LogP contribution in [0.5, 0.6) is 0 Å². The summed E-state index contributed by atoms with van der Waals surface area (Å²) < 4.78 is 5.26. The van der Waals surface area contributed by atoms with Crippen LogP contribution in [0.1, 0.15) is 24.8 Å². The molecule has 0 atom stereocenters. The minimum Gasteiger partial charge on any atom is -0.463 e. The molecule has 2 heterocycles. The predicted octanol–water partition coefficient (Wildman–Crippen LogP) is 3.53. The Morgan fingerprint density at radius 1 is 1.46 bits per heavy atom. The number of hydrogen-bond donors (Lipinski definition) is 0. The first-order chi connectivity index (χ1) is 6.27. The van der Waals surface area contributed by atoms with Gasteiger partial charge in [-0.15, -0.1) is 11.3 Å². The third kappa shape index (κ3) is 1.65. The van der Waals surface area contributed by atoms with E-state index in [2.05, 4.69) is 18.8 Å². The van der Waals surface area contributed by atoms with Crippen LogP contribution in [0.25, 0.3) is 11.5 Å². The molecule has 2 rings (SSSR count). The lowest BCUT2D eigenvalue weighted by atomic mass is 10.2. The zero-order valence-electron chi connectivity index (χ0n) is 7.65. The average Bonchev–Trinajstić information content (AvgIpc) is 2.75. The van der Waals surface area contributed by atoms with E-state index in [0.29, 0.717) is 5.92 Å². The standard InChI is InChI=1S/C10H11NOS/c1-7(2)10-11-8(6-13-10)9-4-3-5-12-9/h3-7H,1-2H3. The molecule has 0 saturated heterocycles. The normalized spacial score (nSPS) is 11.0. The molecule has 0 aromatic carbocycles. The first-order valence-corrected chi connectivity index (χ1v) is 5.14. The highest BCUT2D eigenvalue weighted by Crippen LogP contribution is 2.25. The van der Waals surface area contributed by atoms with E-state index in [1.807, 2.05) is 17.5 Å². The van der Waals surface area contributed by atoms with Gasteiger partial charge in [0.05, 0.1) is 11.3 Å². The van der Waals surface area contributed by atoms with Crippen molar-refractivity contribution in [2.45, 2.75) is 19.8 Å². The van der Waals surface area contributed by atoms with Crippen LogP contribution in [-0.2, 0) is 0 Å². The molecule has 68 valence electrons. The van der Waals surface area contributed by atoms with Crippen molar-refractivity contribution in [3.8, 4) is 11.5 Å². The van der Waals surface area contributed by atoms with Crippen LogP contribution in [-0.4, -0.2) is 4.98 Å². The Labute approximate surface area is 81.2 Å². The predicted molar refractivity (Wildman–Crippen MR) is 53.9 cm³/mol. The van der Waals surface area contributed by atoms with Gasteiger partial charge in [0, 0.05) is 11.3 Å². The van der Waals surface area contributed by atoms with E-state index in [-0.39, 0.29) is 0 Å². The highest BCUT2D eigenvalue weighted by Gasteiger charge is 2.08. The zero-order valence-corrected chi connectivity index (χ0v) is 8.47. The average molecular weight is 193 g/mol. The van der Waals surface area contributed by atoms with E-state index in [1.54, 1.807) is 17.6 Å². The highest BCUT2D eigenvalue weighted by atomic mass is 32.1. The molecule has 0 spiro atoms. The van der Waals surface area contributed by atoms with Gasteiger partial charge in [0.15, 0.2) is 5.76 Å². The number of rotatable bonds is 2. The molecule has 2 aromatic rings. The van der Waals surface area contributed by atoms with Gasteiger partial charge in [-0.2, -0.15) is 0 Å². The molecule has 0 unspecified atom stereocenters. The number of furan rings is 1. The van der Waals surface area contributed by atoms with Crippen LogP contribution in [0.2, 0.25) is 0 Å². The summed E-state index contributed by atoms with van der Waals surface area (Å²) in [6.45, 7) is 4.29. The molecule has 0 saturated carbocycles. The number of thiazole rings is 1. The molecule has 0 aliphatic rings. The Bertz CT molecular complexity index is 375. The summed E-state index contributed by atoms with van der Waals surface area (Å²) in [7, 11) is 0. The minimum atomic E-state index is 0.494. The molecular formula is C10H11NOS. The maximum absolute atomic E-state index is 5.26. The molecule has 3 heteroatoms. The lowest BCUT2D eigenvalue weighted by molar-refractivity contribution is 0.580. The highest BCUT2D eigenvalue weighted by molar-refractivity contribution is 7.10. The second kappa shape index (κ2) is 3.34. The first-order valence-electron chi connectivity index (χ1n) is 4.26. The molecule has 0 aliphatic carbocycles. The summed E-state index contributed by atoms with van der Waals surface area (Å²) in [6, 6.07) is 3.81. The fourth-order valence-electron chi connectivity index (χ4n) is 1.09. The van der Waals surface area contributed by atoms with Gasteiger partial charge in [0.2, 0.25) is 0 Å². The second-order valence-electron chi connectivity index (χ2n) is 3.20. The molecule has 0 amide bonds. The van der Waals surface area contributed by atoms with E-state index >= 15 is 0 Å². The lowest BCUT2D eigenvalue weighted by Gasteiger charge is -1.95. The summed E-state index contributed by atoms with van der Waals surface area (Å²) >= 11 is 1.68. The van der Waals surface area contributed by atoms with Gasteiger partial charge < -0.3 is 4.42 Å². The van der Waals surface area contributed by atoms with Gasteiger partial charge in [-0.25, -0.2) is 4.98 Å². The van der Waals surface area contributed by atoms with E-state index < -0.39 is 0 Å². The molecule has 2 nitrogen and oxygen atoms in total. The minimum absolute atomic E-state index is 0.494. The van der Waals surface area contributed by atoms with Gasteiger partial charge in [-0.1, -0.05) is 13.8 Å². The summed E-state index contributed by atoms with van der Waals surface area (Å²) in [6.07, 6.45) is 1.67. The molecule has 13 heavy (non-hydrogen) atoms. The van der Waals surface area contributed by atoms with Crippen LogP contribution in [0.4, 0.5) is 0 Å². The van der Waals surface area contributed by atoms with Crippen molar-refractivity contribution >= 4 is 11.3 Å². The quantitative estimate of drug-likeness (QED) is 0.729. The lowest BCUT2D eigenvalue weighted by Crippen LogP contribution is -1.84. The summed E-state index contributed by atoms with van der Waals surface area (Å²) in [5, 5.41) is 3.19. The van der Waals surface area contributed by atoms with Crippen molar-refractivity contribution in [2.24, 2.45) is 0 Å². The number of aromatic nitrogens is 1. The van der Waals surface area contributed by atoms with Crippen LogP contribution < -0.4 is 0 Å². The van der Waals surface area contributed by atoms with E-state index in [9.17, 15) is 0 Å². The number of nitrogens with zero attached hydrogens (tertiary/aromatic N) is 1. The molecule has 0 fully saturated rings. The monoisotopic (exact) mass is 193 g/mol. The maximum Gasteiger partial charge on any atom is 0.153 e. The van der Waals surface area contributed by atoms with E-state index in [1.165, 1.54) is 0 Å². The molecule has 0 bridgehead atoms. The van der Waals surface area contributed by atoms with Crippen LogP contribution >= 0.6 is 11.3 Å². The van der Waals surface area contributed by atoms with Crippen molar-refractivity contribution < 1.29 is 4.42 Å². The van der Waals surface area contributed by atoms with Crippen molar-refractivity contribution in [3.05, 3.63) is 28.8 Å². The largest absolute Gasteiger partial charge is 0.463 e. The second-order valence-corrected chi connectivity index (χ2v) is 4.09. The third-order valence-electron chi connectivity index (χ3n) is 1.79. The molecule has 0 radical (unpaired) electrons. The van der Waals surface area contributed by atoms with Crippen LogP contribution in [0.3, 0.4) is 0 Å². The summed E-state index contributed by atoms with van der Waals surface area (Å²) in [4.78, 5) is 4.48. The fourth-order valence-corrected chi connectivity index (χ4v) is 1.91. The molecule has 0 aliphatic heterocycles. The van der Waals surface area contributed by atoms with E-state index in [0.717, 1.165) is 16.5 Å². The Hall–Kier alpha value is -1.09. The third-order valence-corrected chi connectivity index (χ3v) is 2.93. The van der Waals surface area contributed by atoms with Gasteiger partial charge in [-0.05, 0) is 12.1 Å². The Balaban J connectivity index is 2.33. The van der Waals surface area contributed by atoms with Gasteiger partial charge >= 0.3 is 0 Å². The summed E-state index contributed by atoms with van der Waals surface area (Å²) in [5.41, 5.74) is 0.943. The van der Waals surface area contributed by atoms with Crippen LogP contribution in [0, 0.1) is 0 Å². The summed E-state index contributed by atoms with van der Waals surface area (Å²) in [5.74, 6) is 1.34. The Morgan fingerprint density at radius 2 is 2.31 bits per heavy atom. The Morgan fingerprint density at radius 3 is 2.85 bits per heavy atom. The van der Waals surface area contributed by atoms with Crippen molar-refractivity contribution in [1.29, 1.82) is 0 Å². The smallest absolute Gasteiger partial charge is 0.153 e. The Kier molecular flexibility index (Phi) is 2.19. The topological polar surface area (TPSA) is 26.0 Å². The van der Waals surface area contributed by atoms with Crippen molar-refractivity contribution in [1.82, 2.24) is 4.98 Å². The maximum atomic E-state index is 5.26. The van der Waals surface area contributed by atoms with Crippen molar-refractivity contribution in [3.63, 3.8) is 0 Å². The first kappa shape index (κ1) is 8.51. The molecular weight excluding hydrogens is 182 g/mol.